The number of aliphatic imine (C=N–C) groups is 1. The fourth-order valence-corrected chi connectivity index (χ4v) is 7.65. The van der Waals surface area contributed by atoms with Gasteiger partial charge in [-0.05, 0) is 69.6 Å². The Kier molecular flexibility index (Phi) is 12.0. The lowest BCUT2D eigenvalue weighted by Crippen LogP contribution is -2.47. The van der Waals surface area contributed by atoms with Crippen LogP contribution < -0.4 is 16.0 Å². The maximum atomic E-state index is 13.3. The summed E-state index contributed by atoms with van der Waals surface area (Å²) in [4.78, 5) is 36.0. The molecule has 0 bridgehead atoms. The number of nitrogens with zero attached hydrogens (tertiary/aromatic N) is 6. The van der Waals surface area contributed by atoms with Crippen molar-refractivity contribution in [2.45, 2.75) is 39.7 Å². The summed E-state index contributed by atoms with van der Waals surface area (Å²) in [5.74, 6) is 5.98. The number of fused-ring (bicyclic) bond motifs is 3. The van der Waals surface area contributed by atoms with Crippen LogP contribution >= 0.6 is 35.3 Å². The summed E-state index contributed by atoms with van der Waals surface area (Å²) in [5.41, 5.74) is 11.1. The first-order valence-electron chi connectivity index (χ1n) is 16.3. The zero-order chi connectivity index (χ0) is 34.7. The van der Waals surface area contributed by atoms with Crippen LogP contribution in [0.25, 0.3) is 5.00 Å². The van der Waals surface area contributed by atoms with E-state index in [9.17, 15) is 14.7 Å². The summed E-state index contributed by atoms with van der Waals surface area (Å²) < 4.78 is 2.05. The van der Waals surface area contributed by atoms with Crippen LogP contribution in [0.1, 0.15) is 68.0 Å². The zero-order valence-corrected chi connectivity index (χ0v) is 30.6. The first kappa shape index (κ1) is 37.0. The number of carbonyl (C=O) groups is 2. The maximum absolute atomic E-state index is 13.3. The first-order chi connectivity index (χ1) is 23.6. The van der Waals surface area contributed by atoms with Crippen molar-refractivity contribution in [2.75, 3.05) is 50.7 Å². The molecule has 4 heterocycles. The molecule has 2 aromatic heterocycles. The normalized spacial score (nSPS) is 15.5. The monoisotopic (exact) mass is 734 g/mol. The van der Waals surface area contributed by atoms with Gasteiger partial charge in [-0.15, -0.1) is 33.9 Å². The molecule has 2 aliphatic heterocycles. The van der Waals surface area contributed by atoms with Gasteiger partial charge in [-0.3, -0.25) is 19.3 Å². The molecule has 0 aliphatic carbocycles. The molecule has 1 amide bonds. The predicted molar refractivity (Wildman–Crippen MR) is 201 cm³/mol. The van der Waals surface area contributed by atoms with E-state index in [0.717, 1.165) is 78.1 Å². The lowest BCUT2D eigenvalue weighted by Gasteiger charge is -2.36. The van der Waals surface area contributed by atoms with Gasteiger partial charge in [0.05, 0.1) is 24.2 Å². The topological polar surface area (TPSA) is 142 Å². The Labute approximate surface area is 307 Å². The Balaban J connectivity index is 0.00000486. The van der Waals surface area contributed by atoms with Crippen LogP contribution in [0.3, 0.4) is 0 Å². The van der Waals surface area contributed by atoms with Crippen LogP contribution in [-0.4, -0.2) is 88.2 Å². The number of aromatic nitrogens is 3. The quantitative estimate of drug-likeness (QED) is 0.162. The van der Waals surface area contributed by atoms with Crippen molar-refractivity contribution < 1.29 is 14.7 Å². The molecule has 14 heteroatoms. The Morgan fingerprint density at radius 1 is 1.08 bits per heavy atom. The van der Waals surface area contributed by atoms with E-state index < -0.39 is 12.0 Å². The van der Waals surface area contributed by atoms with Gasteiger partial charge in [0.1, 0.15) is 16.9 Å². The van der Waals surface area contributed by atoms with Gasteiger partial charge >= 0.3 is 5.97 Å². The molecule has 0 spiro atoms. The number of aromatic carboxylic acids is 1. The number of anilines is 1. The lowest BCUT2D eigenvalue weighted by atomic mass is 9.99. The SMILES string of the molecule is Cc1sc2c(c1C)C(c1ccc(Cl)cc1)=N[C@@H](CC(=O)NCCCN1CCN(c3ccc(C(=O)O)c(C#CCN)c3)CC1)c1nnc(C)n1-2.Cl. The third kappa shape index (κ3) is 7.88. The molecule has 262 valence electrons. The molecule has 4 aromatic rings. The summed E-state index contributed by atoms with van der Waals surface area (Å²) in [5, 5.41) is 23.2. The van der Waals surface area contributed by atoms with Crippen molar-refractivity contribution in [3.8, 4) is 16.8 Å². The van der Waals surface area contributed by atoms with E-state index in [4.69, 9.17) is 22.3 Å². The molecule has 1 fully saturated rings. The molecule has 0 unspecified atom stereocenters. The van der Waals surface area contributed by atoms with Crippen molar-refractivity contribution in [3.05, 3.63) is 91.8 Å². The number of halogens is 2. The smallest absolute Gasteiger partial charge is 0.336 e. The van der Waals surface area contributed by atoms with Crippen molar-refractivity contribution >= 4 is 58.6 Å². The predicted octanol–water partition coefficient (Wildman–Crippen LogP) is 4.95. The number of amides is 1. The van der Waals surface area contributed by atoms with E-state index >= 15 is 0 Å². The Morgan fingerprint density at radius 2 is 1.82 bits per heavy atom. The molecular formula is C36H40Cl2N8O3S. The summed E-state index contributed by atoms with van der Waals surface area (Å²) in [7, 11) is 0. The number of benzene rings is 2. The van der Waals surface area contributed by atoms with Gasteiger partial charge in [-0.1, -0.05) is 35.6 Å². The number of carboxylic acid groups (broad SMARTS) is 1. The highest BCUT2D eigenvalue weighted by molar-refractivity contribution is 7.15. The van der Waals surface area contributed by atoms with Crippen LogP contribution in [-0.2, 0) is 4.79 Å². The van der Waals surface area contributed by atoms with Gasteiger partial charge < -0.3 is 21.1 Å². The van der Waals surface area contributed by atoms with E-state index in [0.29, 0.717) is 23.0 Å². The minimum absolute atomic E-state index is 0. The number of carboxylic acids is 1. The second kappa shape index (κ2) is 16.2. The molecule has 4 N–H and O–H groups in total. The fourth-order valence-electron chi connectivity index (χ4n) is 6.31. The summed E-state index contributed by atoms with van der Waals surface area (Å²) >= 11 is 7.91. The average Bonchev–Trinajstić information content (AvgIpc) is 3.57. The minimum Gasteiger partial charge on any atom is -0.478 e. The largest absolute Gasteiger partial charge is 0.478 e. The molecule has 2 aliphatic rings. The summed E-state index contributed by atoms with van der Waals surface area (Å²) in [6.07, 6.45) is 0.964. The molecule has 0 radical (unpaired) electrons. The number of rotatable bonds is 9. The van der Waals surface area contributed by atoms with Crippen LogP contribution in [0, 0.1) is 32.6 Å². The van der Waals surface area contributed by atoms with E-state index in [1.165, 1.54) is 4.88 Å². The van der Waals surface area contributed by atoms with Gasteiger partial charge in [-0.25, -0.2) is 4.79 Å². The molecule has 50 heavy (non-hydrogen) atoms. The Bertz CT molecular complexity index is 1970. The van der Waals surface area contributed by atoms with E-state index in [2.05, 4.69) is 55.6 Å². The minimum atomic E-state index is -1.00. The molecule has 1 atom stereocenters. The highest BCUT2D eigenvalue weighted by Gasteiger charge is 2.32. The van der Waals surface area contributed by atoms with Gasteiger partial charge in [0.25, 0.3) is 0 Å². The maximum Gasteiger partial charge on any atom is 0.336 e. The molecule has 11 nitrogen and oxygen atoms in total. The van der Waals surface area contributed by atoms with E-state index in [-0.39, 0.29) is 36.8 Å². The van der Waals surface area contributed by atoms with Crippen LogP contribution in [0.4, 0.5) is 5.69 Å². The van der Waals surface area contributed by atoms with Gasteiger partial charge in [-0.2, -0.15) is 0 Å². The number of aryl methyl sites for hydroxylation is 2. The highest BCUT2D eigenvalue weighted by Crippen LogP contribution is 2.39. The van der Waals surface area contributed by atoms with Crippen LogP contribution in [0.5, 0.6) is 0 Å². The van der Waals surface area contributed by atoms with Crippen molar-refractivity contribution in [3.63, 3.8) is 0 Å². The number of thiophene rings is 1. The van der Waals surface area contributed by atoms with Crippen molar-refractivity contribution in [1.29, 1.82) is 0 Å². The van der Waals surface area contributed by atoms with Gasteiger partial charge in [0.2, 0.25) is 5.91 Å². The third-order valence-electron chi connectivity index (χ3n) is 9.01. The van der Waals surface area contributed by atoms with Gasteiger partial charge in [0.15, 0.2) is 5.82 Å². The second-order valence-electron chi connectivity index (χ2n) is 12.2. The molecule has 1 saturated heterocycles. The van der Waals surface area contributed by atoms with Crippen LogP contribution in [0.2, 0.25) is 5.02 Å². The number of hydrogen-bond donors (Lipinski definition) is 3. The number of hydrogen-bond acceptors (Lipinski definition) is 9. The second-order valence-corrected chi connectivity index (χ2v) is 13.8. The number of nitrogens with one attached hydrogen (secondary N) is 1. The number of carbonyl (C=O) groups excluding carboxylic acids is 1. The molecule has 0 saturated carbocycles. The third-order valence-corrected chi connectivity index (χ3v) is 10.4. The zero-order valence-electron chi connectivity index (χ0n) is 28.2. The first-order valence-corrected chi connectivity index (χ1v) is 17.5. The lowest BCUT2D eigenvalue weighted by molar-refractivity contribution is -0.121. The highest BCUT2D eigenvalue weighted by atomic mass is 35.5. The molecule has 6 rings (SSSR count). The number of piperazine rings is 1. The summed E-state index contributed by atoms with van der Waals surface area (Å²) in [6, 6.07) is 12.4. The molecule has 2 aromatic carbocycles. The van der Waals surface area contributed by atoms with E-state index in [1.807, 2.05) is 43.3 Å². The van der Waals surface area contributed by atoms with Crippen LogP contribution in [0.15, 0.2) is 47.5 Å². The van der Waals surface area contributed by atoms with Crippen molar-refractivity contribution in [2.24, 2.45) is 10.7 Å². The fraction of sp³-hybridized carbons (Fsp3) is 0.361. The standard InChI is InChI=1S/C36H39ClN8O3S.ClH/c1-22-23(2)49-35-32(22)33(25-7-9-27(37)10-8-25)40-30(34-42-41-24(3)45(34)35)21-31(46)39-14-5-15-43-16-18-44(19-17-43)28-11-12-29(36(47)48)26(20-28)6-4-13-38;/h7-12,20,30H,5,13-19,21,38H2,1-3H3,(H,39,46)(H,47,48);1H/t30-;/m0./s1. The Morgan fingerprint density at radius 3 is 2.52 bits per heavy atom. The average molecular weight is 736 g/mol. The number of nitrogens with two attached hydrogens (primary N) is 1. The summed E-state index contributed by atoms with van der Waals surface area (Å²) in [6.45, 7) is 11.1. The molecular weight excluding hydrogens is 695 g/mol. The Hall–Kier alpha value is -4.25. The van der Waals surface area contributed by atoms with Gasteiger partial charge in [0, 0.05) is 65.0 Å². The van der Waals surface area contributed by atoms with Crippen molar-refractivity contribution in [1.82, 2.24) is 25.0 Å². The van der Waals surface area contributed by atoms with E-state index in [1.54, 1.807) is 17.4 Å².